The minimum Gasteiger partial charge on any atom is -0.298 e. The first-order chi connectivity index (χ1) is 8.81. The van der Waals surface area contributed by atoms with Gasteiger partial charge in [0.15, 0.2) is 0 Å². The van der Waals surface area contributed by atoms with Crippen molar-refractivity contribution in [3.05, 3.63) is 29.8 Å². The van der Waals surface area contributed by atoms with Gasteiger partial charge in [0.05, 0.1) is 5.25 Å². The second-order valence-electron chi connectivity index (χ2n) is 6.10. The van der Waals surface area contributed by atoms with Gasteiger partial charge in [0, 0.05) is 10.8 Å². The van der Waals surface area contributed by atoms with Gasteiger partial charge < -0.3 is 0 Å². The predicted molar refractivity (Wildman–Crippen MR) is 73.7 cm³/mol. The molecule has 1 aliphatic heterocycles. The van der Waals surface area contributed by atoms with Crippen molar-refractivity contribution in [2.75, 3.05) is 0 Å². The quantitative estimate of drug-likeness (QED) is 0.804. The van der Waals surface area contributed by atoms with Crippen LogP contribution in [0.2, 0.25) is 0 Å². The fourth-order valence-electron chi connectivity index (χ4n) is 4.17. The molecule has 3 aliphatic rings. The number of rotatable bonds is 2. The van der Waals surface area contributed by atoms with Crippen molar-refractivity contribution in [2.24, 2.45) is 17.8 Å². The van der Waals surface area contributed by atoms with Crippen LogP contribution < -0.4 is 0 Å². The number of Topliss-reactive ketones (excluding diaryl/α,β-unsaturated/α-hetero) is 1. The van der Waals surface area contributed by atoms with Crippen molar-refractivity contribution in [3.63, 3.8) is 0 Å². The molecule has 1 heterocycles. The van der Waals surface area contributed by atoms with Crippen LogP contribution in [0.5, 0.6) is 0 Å². The lowest BCUT2D eigenvalue weighted by Gasteiger charge is -2.22. The molecule has 1 aromatic rings. The maximum Gasteiger partial charge on any atom is 0.149 e. The van der Waals surface area contributed by atoms with Crippen molar-refractivity contribution >= 4 is 17.5 Å². The fraction of sp³-hybridized carbons (Fsp3) is 0.562. The molecule has 4 atom stereocenters. The lowest BCUT2D eigenvalue weighted by Crippen LogP contribution is -2.29. The summed E-state index contributed by atoms with van der Waals surface area (Å²) in [6.07, 6.45) is 6.18. The number of carbonyl (C=O) groups excluding carboxylic acids is 1. The summed E-state index contributed by atoms with van der Waals surface area (Å²) < 4.78 is 0. The Bertz CT molecular complexity index is 471. The molecule has 2 saturated carbocycles. The molecule has 0 saturated heterocycles. The van der Waals surface area contributed by atoms with E-state index in [-0.39, 0.29) is 5.25 Å². The van der Waals surface area contributed by atoms with E-state index in [2.05, 4.69) is 24.3 Å². The summed E-state index contributed by atoms with van der Waals surface area (Å²) in [5, 5.41) is 0.215. The van der Waals surface area contributed by atoms with E-state index < -0.39 is 0 Å². The van der Waals surface area contributed by atoms with E-state index in [4.69, 9.17) is 0 Å². The van der Waals surface area contributed by atoms with Crippen LogP contribution >= 0.6 is 11.8 Å². The van der Waals surface area contributed by atoms with Crippen molar-refractivity contribution in [1.29, 1.82) is 0 Å². The normalized spacial score (nSPS) is 36.9. The standard InChI is InChI=1S/C16H18OS/c17-16(13-8-10-5-6-11(13)7-10)15-9-12-3-1-2-4-14(12)18-15/h1-4,10-11,13,15H,5-9H2. The molecule has 0 N–H and O–H groups in total. The molecule has 2 aliphatic carbocycles. The molecule has 4 unspecified atom stereocenters. The third-order valence-corrected chi connectivity index (χ3v) is 6.40. The van der Waals surface area contributed by atoms with Gasteiger partial charge in [0.25, 0.3) is 0 Å². The smallest absolute Gasteiger partial charge is 0.149 e. The predicted octanol–water partition coefficient (Wildman–Crippen LogP) is 3.71. The van der Waals surface area contributed by atoms with E-state index in [9.17, 15) is 4.79 Å². The Labute approximate surface area is 112 Å². The molecule has 2 fully saturated rings. The summed E-state index contributed by atoms with van der Waals surface area (Å²) in [4.78, 5) is 14.0. The van der Waals surface area contributed by atoms with Gasteiger partial charge in [-0.1, -0.05) is 24.6 Å². The molecule has 0 aromatic heterocycles. The van der Waals surface area contributed by atoms with Crippen LogP contribution in [-0.4, -0.2) is 11.0 Å². The van der Waals surface area contributed by atoms with Gasteiger partial charge in [-0.05, 0) is 49.1 Å². The summed E-state index contributed by atoms with van der Waals surface area (Å²) >= 11 is 1.81. The second-order valence-corrected chi connectivity index (χ2v) is 7.35. The monoisotopic (exact) mass is 258 g/mol. The molecule has 4 rings (SSSR count). The summed E-state index contributed by atoms with van der Waals surface area (Å²) in [5.41, 5.74) is 1.38. The second kappa shape index (κ2) is 4.12. The highest BCUT2D eigenvalue weighted by Crippen LogP contribution is 2.50. The Hall–Kier alpha value is -0.760. The van der Waals surface area contributed by atoms with Gasteiger partial charge in [0.2, 0.25) is 0 Å². The number of thioether (sulfide) groups is 1. The van der Waals surface area contributed by atoms with Crippen LogP contribution in [0.1, 0.15) is 31.2 Å². The summed E-state index contributed by atoms with van der Waals surface area (Å²) in [6, 6.07) is 8.50. The SMILES string of the molecule is O=C(C1Cc2ccccc2S1)C1CC2CCC1C2. The first kappa shape index (κ1) is 11.1. The van der Waals surface area contributed by atoms with Crippen molar-refractivity contribution in [1.82, 2.24) is 0 Å². The zero-order chi connectivity index (χ0) is 12.1. The molecular weight excluding hydrogens is 240 g/mol. The average Bonchev–Trinajstić information content (AvgIpc) is 3.11. The Morgan fingerprint density at radius 3 is 2.78 bits per heavy atom. The average molecular weight is 258 g/mol. The Kier molecular flexibility index (Phi) is 2.54. The van der Waals surface area contributed by atoms with Gasteiger partial charge in [-0.25, -0.2) is 0 Å². The molecule has 94 valence electrons. The number of hydrogen-bond donors (Lipinski definition) is 0. The lowest BCUT2D eigenvalue weighted by molar-refractivity contribution is -0.123. The number of hydrogen-bond acceptors (Lipinski definition) is 2. The third kappa shape index (κ3) is 1.65. The van der Waals surface area contributed by atoms with E-state index in [1.54, 1.807) is 0 Å². The van der Waals surface area contributed by atoms with Crippen LogP contribution in [0.3, 0.4) is 0 Å². The van der Waals surface area contributed by atoms with Gasteiger partial charge in [-0.3, -0.25) is 4.79 Å². The summed E-state index contributed by atoms with van der Waals surface area (Å²) in [6.45, 7) is 0. The fourth-order valence-corrected chi connectivity index (χ4v) is 5.49. The topological polar surface area (TPSA) is 17.1 Å². The van der Waals surface area contributed by atoms with Crippen LogP contribution in [0, 0.1) is 17.8 Å². The summed E-state index contributed by atoms with van der Waals surface area (Å²) in [7, 11) is 0. The zero-order valence-corrected chi connectivity index (χ0v) is 11.3. The molecule has 18 heavy (non-hydrogen) atoms. The minimum absolute atomic E-state index is 0.215. The molecule has 0 spiro atoms. The van der Waals surface area contributed by atoms with E-state index in [0.29, 0.717) is 11.7 Å². The van der Waals surface area contributed by atoms with Crippen LogP contribution in [0.25, 0.3) is 0 Å². The molecule has 0 amide bonds. The van der Waals surface area contributed by atoms with Crippen molar-refractivity contribution in [3.8, 4) is 0 Å². The van der Waals surface area contributed by atoms with Crippen molar-refractivity contribution < 1.29 is 4.79 Å². The van der Waals surface area contributed by atoms with Crippen LogP contribution in [-0.2, 0) is 11.2 Å². The first-order valence-corrected chi connectivity index (χ1v) is 7.97. The van der Waals surface area contributed by atoms with E-state index in [1.165, 1.54) is 36.1 Å². The number of ketones is 1. The molecule has 1 aromatic carbocycles. The van der Waals surface area contributed by atoms with E-state index in [0.717, 1.165) is 18.3 Å². The number of carbonyl (C=O) groups is 1. The highest BCUT2D eigenvalue weighted by Gasteiger charge is 2.45. The van der Waals surface area contributed by atoms with Gasteiger partial charge in [-0.15, -0.1) is 11.8 Å². The lowest BCUT2D eigenvalue weighted by atomic mass is 9.84. The van der Waals surface area contributed by atoms with Crippen molar-refractivity contribution in [2.45, 2.75) is 42.2 Å². The van der Waals surface area contributed by atoms with Gasteiger partial charge in [0.1, 0.15) is 5.78 Å². The highest BCUT2D eigenvalue weighted by atomic mass is 32.2. The Morgan fingerprint density at radius 2 is 2.06 bits per heavy atom. The summed E-state index contributed by atoms with van der Waals surface area (Å²) in [5.74, 6) is 2.56. The largest absolute Gasteiger partial charge is 0.298 e. The maximum absolute atomic E-state index is 12.7. The van der Waals surface area contributed by atoms with Gasteiger partial charge in [-0.2, -0.15) is 0 Å². The van der Waals surface area contributed by atoms with Gasteiger partial charge >= 0.3 is 0 Å². The van der Waals surface area contributed by atoms with E-state index in [1.807, 2.05) is 11.8 Å². The van der Waals surface area contributed by atoms with E-state index >= 15 is 0 Å². The Morgan fingerprint density at radius 1 is 1.17 bits per heavy atom. The number of benzene rings is 1. The third-order valence-electron chi connectivity index (χ3n) is 5.07. The molecule has 0 radical (unpaired) electrons. The molecule has 2 bridgehead atoms. The molecule has 1 nitrogen and oxygen atoms in total. The number of fused-ring (bicyclic) bond motifs is 3. The zero-order valence-electron chi connectivity index (χ0n) is 10.5. The minimum atomic E-state index is 0.215. The highest BCUT2D eigenvalue weighted by molar-refractivity contribution is 8.01. The van der Waals surface area contributed by atoms with Crippen LogP contribution in [0.15, 0.2) is 29.2 Å². The van der Waals surface area contributed by atoms with Crippen LogP contribution in [0.4, 0.5) is 0 Å². The molecule has 2 heteroatoms. The Balaban J connectivity index is 1.51. The first-order valence-electron chi connectivity index (χ1n) is 7.09. The molecular formula is C16H18OS. The maximum atomic E-state index is 12.7.